The normalized spacial score (nSPS) is 15.7. The van der Waals surface area contributed by atoms with Gasteiger partial charge in [-0.2, -0.15) is 0 Å². The molecule has 1 N–H and O–H groups in total. The fourth-order valence-electron chi connectivity index (χ4n) is 1.82. The van der Waals surface area contributed by atoms with Crippen molar-refractivity contribution >= 4 is 11.3 Å². The lowest BCUT2D eigenvalue weighted by molar-refractivity contribution is 0.0496. The highest BCUT2D eigenvalue weighted by atomic mass is 32.1. The van der Waals surface area contributed by atoms with E-state index in [4.69, 9.17) is 9.72 Å². The molecule has 0 aromatic carbocycles. The maximum Gasteiger partial charge on any atom is 0.0945 e. The van der Waals surface area contributed by atoms with Crippen molar-refractivity contribution in [3.8, 4) is 0 Å². The number of aromatic nitrogens is 1. The van der Waals surface area contributed by atoms with Crippen LogP contribution in [0.3, 0.4) is 0 Å². The van der Waals surface area contributed by atoms with Crippen molar-refractivity contribution in [2.75, 3.05) is 13.7 Å². The quantitative estimate of drug-likeness (QED) is 0.863. The number of ether oxygens (including phenoxy) is 1. The molecule has 0 aliphatic rings. The Kier molecular flexibility index (Phi) is 5.76. The molecule has 0 spiro atoms. The Hall–Kier alpha value is -0.450. The minimum Gasteiger partial charge on any atom is -0.377 e. The monoisotopic (exact) mass is 270 g/mol. The molecule has 0 saturated heterocycles. The number of hydrogen-bond acceptors (Lipinski definition) is 4. The Balaban J connectivity index is 2.68. The molecule has 0 aliphatic heterocycles. The van der Waals surface area contributed by atoms with Crippen molar-refractivity contribution in [1.82, 2.24) is 10.3 Å². The van der Waals surface area contributed by atoms with Crippen LogP contribution in [0.15, 0.2) is 5.38 Å². The summed E-state index contributed by atoms with van der Waals surface area (Å²) in [6.07, 6.45) is 1.14. The van der Waals surface area contributed by atoms with E-state index in [-0.39, 0.29) is 11.5 Å². The lowest BCUT2D eigenvalue weighted by atomic mass is 9.93. The minimum atomic E-state index is 0.134. The molecule has 2 atom stereocenters. The highest BCUT2D eigenvalue weighted by Gasteiger charge is 2.21. The van der Waals surface area contributed by atoms with Crippen molar-refractivity contribution in [2.24, 2.45) is 0 Å². The molecule has 104 valence electrons. The van der Waals surface area contributed by atoms with Gasteiger partial charge in [-0.25, -0.2) is 4.98 Å². The van der Waals surface area contributed by atoms with Crippen LogP contribution in [0.1, 0.15) is 45.3 Å². The molecule has 4 heteroatoms. The third-order valence-electron chi connectivity index (χ3n) is 3.08. The molecule has 0 amide bonds. The van der Waals surface area contributed by atoms with Gasteiger partial charge in [-0.15, -0.1) is 11.3 Å². The van der Waals surface area contributed by atoms with Crippen LogP contribution < -0.4 is 5.32 Å². The maximum atomic E-state index is 5.66. The van der Waals surface area contributed by atoms with Crippen molar-refractivity contribution in [1.29, 1.82) is 0 Å². The second kappa shape index (κ2) is 6.64. The number of thiazole rings is 1. The van der Waals surface area contributed by atoms with Crippen LogP contribution in [-0.2, 0) is 16.6 Å². The predicted octanol–water partition coefficient (Wildman–Crippen LogP) is 3.00. The lowest BCUT2D eigenvalue weighted by Crippen LogP contribution is -2.39. The molecule has 2 unspecified atom stereocenters. The Morgan fingerprint density at radius 2 is 2.11 bits per heavy atom. The Labute approximate surface area is 115 Å². The first-order chi connectivity index (χ1) is 8.38. The number of nitrogens with one attached hydrogen (secondary N) is 1. The van der Waals surface area contributed by atoms with Gasteiger partial charge in [0.2, 0.25) is 0 Å². The zero-order valence-electron chi connectivity index (χ0n) is 12.4. The first-order valence-electron chi connectivity index (χ1n) is 6.62. The van der Waals surface area contributed by atoms with Gasteiger partial charge < -0.3 is 10.1 Å². The van der Waals surface area contributed by atoms with Gasteiger partial charge in [0, 0.05) is 29.9 Å². The summed E-state index contributed by atoms with van der Waals surface area (Å²) in [6.45, 7) is 11.5. The fraction of sp³-hybridized carbons (Fsp3) is 0.786. The summed E-state index contributed by atoms with van der Waals surface area (Å²) in [5.74, 6) is 0. The molecule has 0 fully saturated rings. The van der Waals surface area contributed by atoms with Gasteiger partial charge in [0.15, 0.2) is 0 Å². The molecule has 1 aromatic rings. The molecule has 1 rings (SSSR count). The minimum absolute atomic E-state index is 0.134. The van der Waals surface area contributed by atoms with Crippen LogP contribution in [0, 0.1) is 0 Å². The highest BCUT2D eigenvalue weighted by molar-refractivity contribution is 7.09. The van der Waals surface area contributed by atoms with Crippen LogP contribution in [0.2, 0.25) is 0 Å². The van der Waals surface area contributed by atoms with E-state index < -0.39 is 0 Å². The summed E-state index contributed by atoms with van der Waals surface area (Å²) in [7, 11) is 1.98. The standard InChI is InChI=1S/C14H26N2OS/c1-7-17-10(2)11(15-6)8-13-16-12(9-18-13)14(3,4)5/h9-11,15H,7-8H2,1-6H3. The van der Waals surface area contributed by atoms with Crippen LogP contribution in [0.25, 0.3) is 0 Å². The van der Waals surface area contributed by atoms with Gasteiger partial charge in [0.25, 0.3) is 0 Å². The largest absolute Gasteiger partial charge is 0.377 e. The van der Waals surface area contributed by atoms with Crippen molar-refractivity contribution in [3.63, 3.8) is 0 Å². The van der Waals surface area contributed by atoms with Gasteiger partial charge >= 0.3 is 0 Å². The van der Waals surface area contributed by atoms with E-state index in [0.717, 1.165) is 13.0 Å². The number of nitrogens with zero attached hydrogens (tertiary/aromatic N) is 1. The second-order valence-corrected chi connectivity index (χ2v) is 6.58. The lowest BCUT2D eigenvalue weighted by Gasteiger charge is -2.22. The topological polar surface area (TPSA) is 34.1 Å². The van der Waals surface area contributed by atoms with Crippen LogP contribution in [0.4, 0.5) is 0 Å². The van der Waals surface area contributed by atoms with E-state index in [9.17, 15) is 0 Å². The van der Waals surface area contributed by atoms with E-state index in [2.05, 4.69) is 38.4 Å². The zero-order chi connectivity index (χ0) is 13.8. The van der Waals surface area contributed by atoms with Crippen LogP contribution in [-0.4, -0.2) is 30.8 Å². The van der Waals surface area contributed by atoms with Crippen LogP contribution in [0.5, 0.6) is 0 Å². The molecule has 0 bridgehead atoms. The number of hydrogen-bond donors (Lipinski definition) is 1. The molecule has 1 aromatic heterocycles. The van der Waals surface area contributed by atoms with E-state index in [1.54, 1.807) is 11.3 Å². The summed E-state index contributed by atoms with van der Waals surface area (Å²) in [5.41, 5.74) is 1.32. The van der Waals surface area contributed by atoms with Gasteiger partial charge in [-0.1, -0.05) is 20.8 Å². The third kappa shape index (κ3) is 4.34. The summed E-state index contributed by atoms with van der Waals surface area (Å²) in [6, 6.07) is 0.323. The smallest absolute Gasteiger partial charge is 0.0945 e. The first-order valence-corrected chi connectivity index (χ1v) is 7.50. The average Bonchev–Trinajstić information content (AvgIpc) is 2.74. The maximum absolute atomic E-state index is 5.66. The van der Waals surface area contributed by atoms with Gasteiger partial charge in [-0.3, -0.25) is 0 Å². The van der Waals surface area contributed by atoms with E-state index in [1.165, 1.54) is 10.7 Å². The Morgan fingerprint density at radius 1 is 1.44 bits per heavy atom. The molecule has 1 heterocycles. The van der Waals surface area contributed by atoms with E-state index >= 15 is 0 Å². The molecule has 0 aliphatic carbocycles. The average molecular weight is 270 g/mol. The Bertz CT molecular complexity index is 357. The number of rotatable bonds is 6. The SMILES string of the molecule is CCOC(C)C(Cc1nc(C(C)(C)C)cs1)NC. The zero-order valence-corrected chi connectivity index (χ0v) is 13.2. The van der Waals surface area contributed by atoms with Gasteiger partial charge in [0.1, 0.15) is 0 Å². The van der Waals surface area contributed by atoms with E-state index in [1.807, 2.05) is 14.0 Å². The van der Waals surface area contributed by atoms with Gasteiger partial charge in [0.05, 0.1) is 16.8 Å². The molecule has 18 heavy (non-hydrogen) atoms. The van der Waals surface area contributed by atoms with Gasteiger partial charge in [-0.05, 0) is 20.9 Å². The molecule has 0 saturated carbocycles. The third-order valence-corrected chi connectivity index (χ3v) is 3.95. The number of likely N-dealkylation sites (N-methyl/N-ethyl adjacent to an activating group) is 1. The molecular formula is C14H26N2OS. The Morgan fingerprint density at radius 3 is 2.56 bits per heavy atom. The molecule has 0 radical (unpaired) electrons. The summed E-state index contributed by atoms with van der Waals surface area (Å²) in [4.78, 5) is 4.73. The van der Waals surface area contributed by atoms with Crippen molar-refractivity contribution in [3.05, 3.63) is 16.1 Å². The van der Waals surface area contributed by atoms with Crippen molar-refractivity contribution in [2.45, 2.75) is 58.6 Å². The predicted molar refractivity (Wildman–Crippen MR) is 78.5 cm³/mol. The summed E-state index contributed by atoms with van der Waals surface area (Å²) >= 11 is 1.75. The summed E-state index contributed by atoms with van der Waals surface area (Å²) in [5, 5.41) is 6.68. The highest BCUT2D eigenvalue weighted by Crippen LogP contribution is 2.24. The second-order valence-electron chi connectivity index (χ2n) is 5.64. The molecular weight excluding hydrogens is 244 g/mol. The molecule has 3 nitrogen and oxygen atoms in total. The fourth-order valence-corrected chi connectivity index (χ4v) is 2.90. The van der Waals surface area contributed by atoms with E-state index in [0.29, 0.717) is 6.04 Å². The first kappa shape index (κ1) is 15.6. The van der Waals surface area contributed by atoms with Crippen LogP contribution >= 0.6 is 11.3 Å². The summed E-state index contributed by atoms with van der Waals surface area (Å²) < 4.78 is 5.66. The van der Waals surface area contributed by atoms with Crippen molar-refractivity contribution < 1.29 is 4.74 Å².